The van der Waals surface area contributed by atoms with Crippen LogP contribution in [0.25, 0.3) is 0 Å². The van der Waals surface area contributed by atoms with Gasteiger partial charge in [0, 0.05) is 31.4 Å². The van der Waals surface area contributed by atoms with Crippen LogP contribution < -0.4 is 10.2 Å². The Morgan fingerprint density at radius 3 is 2.67 bits per heavy atom. The zero-order chi connectivity index (χ0) is 13.0. The number of benzene rings is 1. The molecule has 0 aromatic heterocycles. The van der Waals surface area contributed by atoms with Gasteiger partial charge in [-0.05, 0) is 30.5 Å². The average Bonchev–Trinajstić information content (AvgIpc) is 2.37. The lowest BCUT2D eigenvalue weighted by molar-refractivity contribution is 0.154. The van der Waals surface area contributed by atoms with Gasteiger partial charge in [0.1, 0.15) is 0 Å². The number of hydrogen-bond donors (Lipinski definition) is 2. The number of nitrogens with zero attached hydrogens (tertiary/aromatic N) is 1. The van der Waals surface area contributed by atoms with Gasteiger partial charge in [0.15, 0.2) is 0 Å². The molecule has 0 radical (unpaired) electrons. The predicted molar refractivity (Wildman–Crippen MR) is 75.9 cm³/mol. The first-order valence-corrected chi connectivity index (χ1v) is 6.90. The van der Waals surface area contributed by atoms with E-state index in [1.165, 1.54) is 11.3 Å². The molecular weight excluding hydrogens is 224 g/mol. The van der Waals surface area contributed by atoms with Crippen molar-refractivity contribution in [1.82, 2.24) is 5.32 Å². The summed E-state index contributed by atoms with van der Waals surface area (Å²) in [5, 5.41) is 13.1. The molecule has 2 rings (SSSR count). The molecule has 1 atom stereocenters. The van der Waals surface area contributed by atoms with E-state index in [-0.39, 0.29) is 6.10 Å². The Hall–Kier alpha value is -1.06. The van der Waals surface area contributed by atoms with Gasteiger partial charge < -0.3 is 15.3 Å². The molecule has 1 aliphatic heterocycles. The summed E-state index contributed by atoms with van der Waals surface area (Å²) in [5.74, 6) is 0. The highest BCUT2D eigenvalue weighted by Crippen LogP contribution is 2.20. The molecule has 0 aliphatic carbocycles. The van der Waals surface area contributed by atoms with Gasteiger partial charge in [-0.3, -0.25) is 0 Å². The average molecular weight is 248 g/mol. The second-order valence-electron chi connectivity index (χ2n) is 5.44. The SMILES string of the molecule is CC(C)NCc1ccc(N2CCCC(O)C2)cc1. The van der Waals surface area contributed by atoms with E-state index in [0.29, 0.717) is 6.04 Å². The summed E-state index contributed by atoms with van der Waals surface area (Å²) < 4.78 is 0. The summed E-state index contributed by atoms with van der Waals surface area (Å²) in [4.78, 5) is 2.27. The van der Waals surface area contributed by atoms with Crippen molar-refractivity contribution in [2.24, 2.45) is 0 Å². The number of anilines is 1. The maximum Gasteiger partial charge on any atom is 0.0715 e. The Bertz CT molecular complexity index is 361. The number of nitrogens with one attached hydrogen (secondary N) is 1. The number of β-amino-alcohol motifs (C(OH)–C–C–N with tert-alkyl or cyclic N) is 1. The van der Waals surface area contributed by atoms with E-state index in [1.807, 2.05) is 0 Å². The zero-order valence-corrected chi connectivity index (χ0v) is 11.4. The molecular formula is C15H24N2O. The number of hydrogen-bond acceptors (Lipinski definition) is 3. The van der Waals surface area contributed by atoms with Crippen LogP contribution in [0, 0.1) is 0 Å². The van der Waals surface area contributed by atoms with Crippen LogP contribution in [0.15, 0.2) is 24.3 Å². The van der Waals surface area contributed by atoms with Gasteiger partial charge in [-0.2, -0.15) is 0 Å². The molecule has 0 saturated carbocycles. The van der Waals surface area contributed by atoms with Crippen molar-refractivity contribution < 1.29 is 5.11 Å². The van der Waals surface area contributed by atoms with E-state index < -0.39 is 0 Å². The minimum absolute atomic E-state index is 0.166. The summed E-state index contributed by atoms with van der Waals surface area (Å²) in [5.41, 5.74) is 2.53. The molecule has 1 aliphatic rings. The van der Waals surface area contributed by atoms with Crippen molar-refractivity contribution >= 4 is 5.69 Å². The Morgan fingerprint density at radius 1 is 1.33 bits per heavy atom. The summed E-state index contributed by atoms with van der Waals surface area (Å²) in [6, 6.07) is 9.18. The molecule has 3 heteroatoms. The van der Waals surface area contributed by atoms with Gasteiger partial charge in [-0.15, -0.1) is 0 Å². The molecule has 1 unspecified atom stereocenters. The third-order valence-electron chi connectivity index (χ3n) is 3.41. The number of piperidine rings is 1. The third-order valence-corrected chi connectivity index (χ3v) is 3.41. The molecule has 1 aromatic carbocycles. The molecule has 2 N–H and O–H groups in total. The molecule has 0 bridgehead atoms. The lowest BCUT2D eigenvalue weighted by atomic mass is 10.1. The molecule has 1 aromatic rings. The van der Waals surface area contributed by atoms with Crippen molar-refractivity contribution in [3.8, 4) is 0 Å². The molecule has 1 saturated heterocycles. The second-order valence-corrected chi connectivity index (χ2v) is 5.44. The Morgan fingerprint density at radius 2 is 2.06 bits per heavy atom. The third kappa shape index (κ3) is 3.72. The molecule has 100 valence electrons. The van der Waals surface area contributed by atoms with Crippen LogP contribution >= 0.6 is 0 Å². The number of rotatable bonds is 4. The van der Waals surface area contributed by atoms with Crippen molar-refractivity contribution in [3.63, 3.8) is 0 Å². The Labute approximate surface area is 110 Å². The normalized spacial score (nSPS) is 20.4. The number of aliphatic hydroxyl groups excluding tert-OH is 1. The highest BCUT2D eigenvalue weighted by molar-refractivity contribution is 5.48. The van der Waals surface area contributed by atoms with E-state index in [4.69, 9.17) is 0 Å². The van der Waals surface area contributed by atoms with E-state index >= 15 is 0 Å². The fraction of sp³-hybridized carbons (Fsp3) is 0.600. The quantitative estimate of drug-likeness (QED) is 0.857. The molecule has 0 spiro atoms. The van der Waals surface area contributed by atoms with Crippen LogP contribution in [-0.2, 0) is 6.54 Å². The Kier molecular flexibility index (Phi) is 4.61. The van der Waals surface area contributed by atoms with Crippen molar-refractivity contribution in [2.75, 3.05) is 18.0 Å². The van der Waals surface area contributed by atoms with Crippen molar-refractivity contribution in [2.45, 2.75) is 45.4 Å². The predicted octanol–water partition coefficient (Wildman–Crippen LogP) is 2.15. The molecule has 1 fully saturated rings. The van der Waals surface area contributed by atoms with E-state index in [2.05, 4.69) is 48.3 Å². The summed E-state index contributed by atoms with van der Waals surface area (Å²) >= 11 is 0. The molecule has 1 heterocycles. The van der Waals surface area contributed by atoms with Gasteiger partial charge in [-0.25, -0.2) is 0 Å². The van der Waals surface area contributed by atoms with E-state index in [0.717, 1.165) is 32.5 Å². The topological polar surface area (TPSA) is 35.5 Å². The molecule has 18 heavy (non-hydrogen) atoms. The molecule has 0 amide bonds. The van der Waals surface area contributed by atoms with Crippen LogP contribution in [0.1, 0.15) is 32.3 Å². The smallest absolute Gasteiger partial charge is 0.0715 e. The van der Waals surface area contributed by atoms with Gasteiger partial charge >= 0.3 is 0 Å². The van der Waals surface area contributed by atoms with Crippen molar-refractivity contribution in [3.05, 3.63) is 29.8 Å². The van der Waals surface area contributed by atoms with Crippen LogP contribution in [-0.4, -0.2) is 30.3 Å². The maximum atomic E-state index is 9.69. The largest absolute Gasteiger partial charge is 0.391 e. The zero-order valence-electron chi connectivity index (χ0n) is 11.4. The summed E-state index contributed by atoms with van der Waals surface area (Å²) in [6.07, 6.45) is 1.85. The van der Waals surface area contributed by atoms with Crippen LogP contribution in [0.5, 0.6) is 0 Å². The second kappa shape index (κ2) is 6.21. The standard InChI is InChI=1S/C15H24N2O/c1-12(2)16-10-13-5-7-14(8-6-13)17-9-3-4-15(18)11-17/h5-8,12,15-16,18H,3-4,9-11H2,1-2H3. The first kappa shape index (κ1) is 13.4. The monoisotopic (exact) mass is 248 g/mol. The minimum Gasteiger partial charge on any atom is -0.391 e. The van der Waals surface area contributed by atoms with Crippen LogP contribution in [0.2, 0.25) is 0 Å². The van der Waals surface area contributed by atoms with E-state index in [1.54, 1.807) is 0 Å². The van der Waals surface area contributed by atoms with Gasteiger partial charge in [0.05, 0.1) is 6.10 Å². The highest BCUT2D eigenvalue weighted by Gasteiger charge is 2.17. The fourth-order valence-electron chi connectivity index (χ4n) is 2.34. The first-order chi connectivity index (χ1) is 8.65. The van der Waals surface area contributed by atoms with Gasteiger partial charge in [0.25, 0.3) is 0 Å². The molecule has 3 nitrogen and oxygen atoms in total. The lowest BCUT2D eigenvalue weighted by Gasteiger charge is -2.32. The van der Waals surface area contributed by atoms with Gasteiger partial charge in [-0.1, -0.05) is 26.0 Å². The van der Waals surface area contributed by atoms with Gasteiger partial charge in [0.2, 0.25) is 0 Å². The van der Waals surface area contributed by atoms with Crippen LogP contribution in [0.4, 0.5) is 5.69 Å². The minimum atomic E-state index is -0.166. The maximum absolute atomic E-state index is 9.69. The summed E-state index contributed by atoms with van der Waals surface area (Å²) in [6.45, 7) is 7.05. The van der Waals surface area contributed by atoms with Crippen LogP contribution in [0.3, 0.4) is 0 Å². The fourth-order valence-corrected chi connectivity index (χ4v) is 2.34. The number of aliphatic hydroxyl groups is 1. The highest BCUT2D eigenvalue weighted by atomic mass is 16.3. The first-order valence-electron chi connectivity index (χ1n) is 6.90. The lowest BCUT2D eigenvalue weighted by Crippen LogP contribution is -2.38. The Balaban J connectivity index is 1.94. The van der Waals surface area contributed by atoms with E-state index in [9.17, 15) is 5.11 Å². The van der Waals surface area contributed by atoms with Crippen molar-refractivity contribution in [1.29, 1.82) is 0 Å². The summed E-state index contributed by atoms with van der Waals surface area (Å²) in [7, 11) is 0.